The minimum atomic E-state index is -0.249. The first-order chi connectivity index (χ1) is 7.17. The van der Waals surface area contributed by atoms with E-state index in [0.29, 0.717) is 11.4 Å². The van der Waals surface area contributed by atoms with Gasteiger partial charge in [-0.15, -0.1) is 11.6 Å². The number of halogens is 1. The first-order valence-corrected chi connectivity index (χ1v) is 4.88. The predicted octanol–water partition coefficient (Wildman–Crippen LogP) is 1.49. The summed E-state index contributed by atoms with van der Waals surface area (Å²) < 4.78 is 0. The number of nitrogens with two attached hydrogens (primary N) is 1. The van der Waals surface area contributed by atoms with Crippen LogP contribution in [-0.4, -0.2) is 25.0 Å². The summed E-state index contributed by atoms with van der Waals surface area (Å²) in [5.41, 5.74) is 7.75. The first kappa shape index (κ1) is 11.5. The van der Waals surface area contributed by atoms with Crippen LogP contribution >= 0.6 is 11.6 Å². The average Bonchev–Trinajstić information content (AvgIpc) is 2.23. The van der Waals surface area contributed by atoms with E-state index in [9.17, 15) is 4.79 Å². The third kappa shape index (κ3) is 3.25. The van der Waals surface area contributed by atoms with Crippen LogP contribution in [0.1, 0.15) is 5.56 Å². The summed E-state index contributed by atoms with van der Waals surface area (Å²) in [4.78, 5) is 14.9. The third-order valence-corrected chi connectivity index (χ3v) is 2.00. The monoisotopic (exact) mass is 225 g/mol. The van der Waals surface area contributed by atoms with Crippen molar-refractivity contribution in [3.05, 3.63) is 23.8 Å². The summed E-state index contributed by atoms with van der Waals surface area (Å²) in [7, 11) is 1.66. The minimum absolute atomic E-state index is 0.0679. The van der Waals surface area contributed by atoms with E-state index < -0.39 is 0 Å². The van der Waals surface area contributed by atoms with E-state index in [0.717, 1.165) is 5.56 Å². The van der Waals surface area contributed by atoms with Crippen molar-refractivity contribution in [3.8, 4) is 0 Å². The molecule has 1 aromatic rings. The fourth-order valence-corrected chi connectivity index (χ4v) is 1.16. The second-order valence-corrected chi connectivity index (χ2v) is 3.18. The Morgan fingerprint density at radius 3 is 3.00 bits per heavy atom. The Labute approximate surface area is 93.1 Å². The normalized spacial score (nSPS) is 10.5. The molecular weight excluding hydrogens is 214 g/mol. The molecule has 80 valence electrons. The Morgan fingerprint density at radius 1 is 1.67 bits per heavy atom. The number of benzene rings is 1. The third-order valence-electron chi connectivity index (χ3n) is 1.76. The van der Waals surface area contributed by atoms with E-state index in [-0.39, 0.29) is 11.8 Å². The molecule has 5 heteroatoms. The maximum absolute atomic E-state index is 11.0. The van der Waals surface area contributed by atoms with E-state index in [1.165, 1.54) is 0 Å². The molecule has 0 radical (unpaired) electrons. The molecule has 0 saturated heterocycles. The van der Waals surface area contributed by atoms with Crippen LogP contribution in [0.25, 0.3) is 0 Å². The number of hydrogen-bond acceptors (Lipinski definition) is 3. The van der Waals surface area contributed by atoms with Gasteiger partial charge in [0.15, 0.2) is 0 Å². The van der Waals surface area contributed by atoms with Gasteiger partial charge in [-0.3, -0.25) is 9.79 Å². The van der Waals surface area contributed by atoms with Crippen LogP contribution in [0.2, 0.25) is 0 Å². The fourth-order valence-electron chi connectivity index (χ4n) is 1.10. The largest absolute Gasteiger partial charge is 0.398 e. The Morgan fingerprint density at radius 2 is 2.40 bits per heavy atom. The van der Waals surface area contributed by atoms with Gasteiger partial charge in [-0.2, -0.15) is 0 Å². The van der Waals surface area contributed by atoms with Gasteiger partial charge in [0, 0.05) is 30.2 Å². The second kappa shape index (κ2) is 5.36. The molecule has 0 aliphatic rings. The van der Waals surface area contributed by atoms with Crippen molar-refractivity contribution in [2.75, 3.05) is 24.0 Å². The Hall–Kier alpha value is -1.55. The molecule has 1 amide bonds. The average molecular weight is 226 g/mol. The van der Waals surface area contributed by atoms with Crippen LogP contribution in [0.5, 0.6) is 0 Å². The number of anilines is 2. The highest BCUT2D eigenvalue weighted by molar-refractivity contribution is 6.29. The second-order valence-electron chi connectivity index (χ2n) is 2.91. The Balaban J connectivity index is 2.92. The molecular formula is C10H12ClN3O. The van der Waals surface area contributed by atoms with Crippen molar-refractivity contribution in [3.63, 3.8) is 0 Å². The van der Waals surface area contributed by atoms with Crippen LogP contribution < -0.4 is 11.1 Å². The van der Waals surface area contributed by atoms with Crippen LogP contribution in [0.4, 0.5) is 11.4 Å². The van der Waals surface area contributed by atoms with Gasteiger partial charge in [0.25, 0.3) is 0 Å². The van der Waals surface area contributed by atoms with Crippen LogP contribution in [0.15, 0.2) is 23.2 Å². The van der Waals surface area contributed by atoms with Crippen LogP contribution in [0.3, 0.4) is 0 Å². The lowest BCUT2D eigenvalue weighted by atomic mass is 10.1. The van der Waals surface area contributed by atoms with Gasteiger partial charge in [-0.05, 0) is 18.2 Å². The van der Waals surface area contributed by atoms with Gasteiger partial charge in [0.1, 0.15) is 5.88 Å². The number of hydrogen-bond donors (Lipinski definition) is 2. The van der Waals surface area contributed by atoms with Crippen molar-refractivity contribution in [1.29, 1.82) is 0 Å². The molecule has 0 spiro atoms. The molecule has 15 heavy (non-hydrogen) atoms. The zero-order valence-electron chi connectivity index (χ0n) is 8.33. The Bertz CT molecular complexity index is 390. The lowest BCUT2D eigenvalue weighted by molar-refractivity contribution is -0.113. The molecule has 0 aliphatic carbocycles. The standard InChI is InChI=1S/C10H12ClN3O/c1-13-6-7-4-8(2-3-9(7)12)14-10(15)5-11/h2-4,6H,5,12H2,1H3,(H,14,15). The smallest absolute Gasteiger partial charge is 0.239 e. The Kier molecular flexibility index (Phi) is 4.12. The summed E-state index contributed by atoms with van der Waals surface area (Å²) in [5, 5.41) is 2.63. The summed E-state index contributed by atoms with van der Waals surface area (Å²) in [6, 6.07) is 5.17. The van der Waals surface area contributed by atoms with Gasteiger partial charge >= 0.3 is 0 Å². The van der Waals surface area contributed by atoms with Gasteiger partial charge in [0.05, 0.1) is 0 Å². The number of nitrogens with one attached hydrogen (secondary N) is 1. The zero-order chi connectivity index (χ0) is 11.3. The van der Waals surface area contributed by atoms with Gasteiger partial charge < -0.3 is 11.1 Å². The summed E-state index contributed by atoms with van der Waals surface area (Å²) in [6.45, 7) is 0. The highest BCUT2D eigenvalue weighted by Crippen LogP contribution is 2.16. The molecule has 0 aliphatic heterocycles. The summed E-state index contributed by atoms with van der Waals surface area (Å²) >= 11 is 5.37. The molecule has 1 rings (SSSR count). The summed E-state index contributed by atoms with van der Waals surface area (Å²) in [5.74, 6) is -0.317. The van der Waals surface area contributed by atoms with Crippen LogP contribution in [0, 0.1) is 0 Å². The molecule has 3 N–H and O–H groups in total. The number of rotatable bonds is 3. The molecule has 0 aromatic heterocycles. The summed E-state index contributed by atoms with van der Waals surface area (Å²) in [6.07, 6.45) is 1.63. The van der Waals surface area contributed by atoms with Gasteiger partial charge in [-0.1, -0.05) is 0 Å². The molecule has 0 fully saturated rings. The number of carbonyl (C=O) groups is 1. The molecule has 0 saturated carbocycles. The molecule has 0 bridgehead atoms. The van der Waals surface area contributed by atoms with Crippen molar-refractivity contribution in [2.45, 2.75) is 0 Å². The predicted molar refractivity (Wildman–Crippen MR) is 63.7 cm³/mol. The molecule has 4 nitrogen and oxygen atoms in total. The number of amides is 1. The van der Waals surface area contributed by atoms with E-state index in [4.69, 9.17) is 17.3 Å². The van der Waals surface area contributed by atoms with E-state index in [1.807, 2.05) is 0 Å². The molecule has 0 unspecified atom stereocenters. The quantitative estimate of drug-likeness (QED) is 0.465. The number of alkyl halides is 1. The maximum atomic E-state index is 11.0. The van der Waals surface area contributed by atoms with Gasteiger partial charge in [0.2, 0.25) is 5.91 Å². The first-order valence-electron chi connectivity index (χ1n) is 4.35. The van der Waals surface area contributed by atoms with Crippen molar-refractivity contribution in [2.24, 2.45) is 4.99 Å². The van der Waals surface area contributed by atoms with Crippen molar-refractivity contribution >= 4 is 35.1 Å². The number of carbonyl (C=O) groups excluding carboxylic acids is 1. The minimum Gasteiger partial charge on any atom is -0.398 e. The van der Waals surface area contributed by atoms with Crippen molar-refractivity contribution in [1.82, 2.24) is 0 Å². The number of nitrogen functional groups attached to an aromatic ring is 1. The van der Waals surface area contributed by atoms with Gasteiger partial charge in [-0.25, -0.2) is 0 Å². The highest BCUT2D eigenvalue weighted by Gasteiger charge is 2.02. The van der Waals surface area contributed by atoms with Crippen molar-refractivity contribution < 1.29 is 4.79 Å². The zero-order valence-corrected chi connectivity index (χ0v) is 9.08. The topological polar surface area (TPSA) is 67.5 Å². The number of aliphatic imine (C=N–C) groups is 1. The maximum Gasteiger partial charge on any atom is 0.239 e. The van der Waals surface area contributed by atoms with E-state index in [2.05, 4.69) is 10.3 Å². The van der Waals surface area contributed by atoms with Crippen LogP contribution in [-0.2, 0) is 4.79 Å². The number of nitrogens with zero attached hydrogens (tertiary/aromatic N) is 1. The SMILES string of the molecule is CN=Cc1cc(NC(=O)CCl)ccc1N. The van der Waals surface area contributed by atoms with E-state index >= 15 is 0 Å². The lowest BCUT2D eigenvalue weighted by Gasteiger charge is -2.05. The molecule has 0 atom stereocenters. The van der Waals surface area contributed by atoms with E-state index in [1.54, 1.807) is 31.5 Å². The highest BCUT2D eigenvalue weighted by atomic mass is 35.5. The molecule has 1 aromatic carbocycles. The molecule has 0 heterocycles. The lowest BCUT2D eigenvalue weighted by Crippen LogP contribution is -2.12. The fraction of sp³-hybridized carbons (Fsp3) is 0.200.